The average molecular weight is 169 g/mol. The topological polar surface area (TPSA) is 26.8 Å². The molecule has 2 fully saturated rings. The fraction of sp³-hybridized carbons (Fsp3) is 0.875. The van der Waals surface area contributed by atoms with E-state index in [1.54, 1.807) is 4.90 Å². The number of likely N-dealkylation sites (tertiary alicyclic amines) is 1. The molecule has 0 bridgehead atoms. The average Bonchev–Trinajstić information content (AvgIpc) is 2.28. The van der Waals surface area contributed by atoms with E-state index >= 15 is 0 Å². The van der Waals surface area contributed by atoms with Gasteiger partial charge in [0.15, 0.2) is 0 Å². The van der Waals surface area contributed by atoms with Crippen LogP contribution in [0.2, 0.25) is 0 Å². The summed E-state index contributed by atoms with van der Waals surface area (Å²) in [5, 5.41) is 0. The van der Waals surface area contributed by atoms with Crippen molar-refractivity contribution >= 4 is 6.03 Å². The van der Waals surface area contributed by atoms with Gasteiger partial charge in [-0.2, -0.15) is 0 Å². The van der Waals surface area contributed by atoms with Gasteiger partial charge >= 0.3 is 6.03 Å². The van der Waals surface area contributed by atoms with Crippen LogP contribution in [0.5, 0.6) is 0 Å². The SMILES string of the molecule is CN1CC(N2CCN(C)C2=O)C1. The molecule has 2 aliphatic rings. The van der Waals surface area contributed by atoms with Gasteiger partial charge in [-0.15, -0.1) is 0 Å². The lowest BCUT2D eigenvalue weighted by atomic mass is 10.1. The standard InChI is InChI=1S/C8H15N3O/c1-9-5-7(6-9)11-4-3-10(2)8(11)12/h7H,3-6H2,1-2H3. The summed E-state index contributed by atoms with van der Waals surface area (Å²) in [4.78, 5) is 17.5. The molecule has 0 atom stereocenters. The first-order valence-corrected chi connectivity index (χ1v) is 4.39. The zero-order valence-corrected chi connectivity index (χ0v) is 7.66. The maximum atomic E-state index is 11.5. The van der Waals surface area contributed by atoms with Crippen LogP contribution >= 0.6 is 0 Å². The quantitative estimate of drug-likeness (QED) is 0.537. The van der Waals surface area contributed by atoms with Crippen molar-refractivity contribution in [1.82, 2.24) is 14.7 Å². The minimum atomic E-state index is 0.202. The molecule has 2 aliphatic heterocycles. The molecule has 0 spiro atoms. The lowest BCUT2D eigenvalue weighted by Crippen LogP contribution is -2.58. The van der Waals surface area contributed by atoms with Gasteiger partial charge in [0.25, 0.3) is 0 Å². The van der Waals surface area contributed by atoms with Crippen LogP contribution in [0.25, 0.3) is 0 Å². The first kappa shape index (κ1) is 7.86. The highest BCUT2D eigenvalue weighted by atomic mass is 16.2. The van der Waals surface area contributed by atoms with Crippen molar-refractivity contribution in [1.29, 1.82) is 0 Å². The summed E-state index contributed by atoms with van der Waals surface area (Å²) < 4.78 is 0. The molecule has 0 saturated carbocycles. The third-order valence-corrected chi connectivity index (χ3v) is 2.73. The largest absolute Gasteiger partial charge is 0.326 e. The molecule has 0 aliphatic carbocycles. The molecule has 2 amide bonds. The van der Waals surface area contributed by atoms with E-state index in [-0.39, 0.29) is 6.03 Å². The molecule has 12 heavy (non-hydrogen) atoms. The molecule has 68 valence electrons. The molecule has 2 heterocycles. The first-order chi connectivity index (χ1) is 5.68. The smallest absolute Gasteiger partial charge is 0.320 e. The van der Waals surface area contributed by atoms with Crippen LogP contribution in [0.4, 0.5) is 4.79 Å². The molecule has 0 radical (unpaired) electrons. The van der Waals surface area contributed by atoms with E-state index in [2.05, 4.69) is 11.9 Å². The Kier molecular flexibility index (Phi) is 1.72. The Morgan fingerprint density at radius 3 is 2.33 bits per heavy atom. The highest BCUT2D eigenvalue weighted by molar-refractivity contribution is 5.76. The molecule has 4 nitrogen and oxygen atoms in total. The number of likely N-dealkylation sites (N-methyl/N-ethyl adjacent to an activating group) is 2. The van der Waals surface area contributed by atoms with E-state index < -0.39 is 0 Å². The molecule has 0 N–H and O–H groups in total. The molecule has 2 rings (SSSR count). The second-order valence-electron chi connectivity index (χ2n) is 3.77. The van der Waals surface area contributed by atoms with Gasteiger partial charge in [0, 0.05) is 33.2 Å². The summed E-state index contributed by atoms with van der Waals surface area (Å²) in [7, 11) is 3.95. The number of rotatable bonds is 1. The molecule has 0 aromatic rings. The Bertz CT molecular complexity index is 200. The molecule has 0 unspecified atom stereocenters. The number of hydrogen-bond donors (Lipinski definition) is 0. The van der Waals surface area contributed by atoms with Crippen molar-refractivity contribution in [3.8, 4) is 0 Å². The zero-order chi connectivity index (χ0) is 8.72. The van der Waals surface area contributed by atoms with Gasteiger partial charge in [-0.3, -0.25) is 0 Å². The lowest BCUT2D eigenvalue weighted by molar-refractivity contribution is 0.0838. The second kappa shape index (κ2) is 2.62. The van der Waals surface area contributed by atoms with Gasteiger partial charge in [-0.1, -0.05) is 0 Å². The summed E-state index contributed by atoms with van der Waals surface area (Å²) in [6.45, 7) is 3.88. The van der Waals surface area contributed by atoms with Gasteiger partial charge < -0.3 is 14.7 Å². The Balaban J connectivity index is 1.93. The van der Waals surface area contributed by atoms with Crippen LogP contribution in [0, 0.1) is 0 Å². The number of carbonyl (C=O) groups is 1. The van der Waals surface area contributed by atoms with Crippen LogP contribution in [-0.4, -0.2) is 67.0 Å². The molecule has 0 aromatic carbocycles. The summed E-state index contributed by atoms with van der Waals surface area (Å²) >= 11 is 0. The van der Waals surface area contributed by atoms with Gasteiger partial charge in [0.1, 0.15) is 0 Å². The van der Waals surface area contributed by atoms with E-state index in [0.29, 0.717) is 6.04 Å². The highest BCUT2D eigenvalue weighted by Crippen LogP contribution is 2.17. The van der Waals surface area contributed by atoms with Crippen LogP contribution in [-0.2, 0) is 0 Å². The predicted molar refractivity (Wildman–Crippen MR) is 46.0 cm³/mol. The highest BCUT2D eigenvalue weighted by Gasteiger charge is 2.36. The van der Waals surface area contributed by atoms with Crippen molar-refractivity contribution in [2.75, 3.05) is 40.3 Å². The second-order valence-corrected chi connectivity index (χ2v) is 3.77. The molecular weight excluding hydrogens is 154 g/mol. The van der Waals surface area contributed by atoms with Crippen LogP contribution in [0.15, 0.2) is 0 Å². The minimum Gasteiger partial charge on any atom is -0.326 e. The number of amides is 2. The van der Waals surface area contributed by atoms with Crippen molar-refractivity contribution in [2.24, 2.45) is 0 Å². The third-order valence-electron chi connectivity index (χ3n) is 2.73. The van der Waals surface area contributed by atoms with Crippen molar-refractivity contribution in [3.05, 3.63) is 0 Å². The maximum absolute atomic E-state index is 11.5. The Morgan fingerprint density at radius 2 is 1.92 bits per heavy atom. The number of nitrogens with zero attached hydrogens (tertiary/aromatic N) is 3. The van der Waals surface area contributed by atoms with Gasteiger partial charge in [-0.25, -0.2) is 4.79 Å². The van der Waals surface area contributed by atoms with E-state index in [9.17, 15) is 4.79 Å². The zero-order valence-electron chi connectivity index (χ0n) is 7.66. The van der Waals surface area contributed by atoms with Gasteiger partial charge in [-0.05, 0) is 7.05 Å². The molecule has 0 aromatic heterocycles. The fourth-order valence-corrected chi connectivity index (χ4v) is 1.87. The lowest BCUT2D eigenvalue weighted by Gasteiger charge is -2.41. The molecule has 4 heteroatoms. The predicted octanol–water partition coefficient (Wildman–Crippen LogP) is -0.332. The van der Waals surface area contributed by atoms with Crippen LogP contribution in [0.1, 0.15) is 0 Å². The van der Waals surface area contributed by atoms with E-state index in [1.165, 1.54) is 0 Å². The summed E-state index contributed by atoms with van der Waals surface area (Å²) in [5.41, 5.74) is 0. The van der Waals surface area contributed by atoms with E-state index in [1.807, 2.05) is 11.9 Å². The number of carbonyl (C=O) groups excluding carboxylic acids is 1. The minimum absolute atomic E-state index is 0.202. The van der Waals surface area contributed by atoms with Gasteiger partial charge in [0.05, 0.1) is 6.04 Å². The first-order valence-electron chi connectivity index (χ1n) is 4.39. The fourth-order valence-electron chi connectivity index (χ4n) is 1.87. The maximum Gasteiger partial charge on any atom is 0.320 e. The van der Waals surface area contributed by atoms with Crippen molar-refractivity contribution in [2.45, 2.75) is 6.04 Å². The summed E-state index contributed by atoms with van der Waals surface area (Å²) in [6.07, 6.45) is 0. The molecular formula is C8H15N3O. The van der Waals surface area contributed by atoms with Gasteiger partial charge in [0.2, 0.25) is 0 Å². The summed E-state index contributed by atoms with van der Waals surface area (Å²) in [6, 6.07) is 0.681. The monoisotopic (exact) mass is 169 g/mol. The normalized spacial score (nSPS) is 26.7. The van der Waals surface area contributed by atoms with Crippen molar-refractivity contribution in [3.63, 3.8) is 0 Å². The Morgan fingerprint density at radius 1 is 1.25 bits per heavy atom. The number of hydrogen-bond acceptors (Lipinski definition) is 2. The Labute approximate surface area is 72.7 Å². The van der Waals surface area contributed by atoms with Crippen LogP contribution in [0.3, 0.4) is 0 Å². The van der Waals surface area contributed by atoms with Crippen LogP contribution < -0.4 is 0 Å². The Hall–Kier alpha value is -0.770. The number of urea groups is 1. The summed E-state index contributed by atoms with van der Waals surface area (Å²) in [5.74, 6) is 0. The van der Waals surface area contributed by atoms with Crippen molar-refractivity contribution < 1.29 is 4.79 Å². The molecule has 2 saturated heterocycles. The van der Waals surface area contributed by atoms with E-state index in [4.69, 9.17) is 0 Å². The van der Waals surface area contributed by atoms with E-state index in [0.717, 1.165) is 26.2 Å². The third kappa shape index (κ3) is 1.06.